The molecule has 0 fully saturated rings. The first-order valence-electron chi connectivity index (χ1n) is 6.83. The summed E-state index contributed by atoms with van der Waals surface area (Å²) in [4.78, 5) is 0. The summed E-state index contributed by atoms with van der Waals surface area (Å²) < 4.78 is 32.0. The molecule has 21 heavy (non-hydrogen) atoms. The Bertz CT molecular complexity index is 509. The molecule has 1 aromatic rings. The highest BCUT2D eigenvalue weighted by molar-refractivity contribution is 7.88. The molecular weight excluding hydrogens is 312 g/mol. The topological polar surface area (TPSA) is 81.4 Å². The maximum Gasteiger partial charge on any atom is 0.216 e. The second-order valence-electron chi connectivity index (χ2n) is 4.80. The molecule has 1 atom stereocenters. The summed E-state index contributed by atoms with van der Waals surface area (Å²) in [5.74, 6) is 0.589. The van der Waals surface area contributed by atoms with Crippen LogP contribution in [0.25, 0.3) is 0 Å². The van der Waals surface area contributed by atoms with E-state index >= 15 is 0 Å². The maximum atomic E-state index is 12.1. The largest absolute Gasteiger partial charge is 0.497 e. The van der Waals surface area contributed by atoms with Gasteiger partial charge in [0.1, 0.15) is 5.75 Å². The van der Waals surface area contributed by atoms with Crippen LogP contribution in [0.4, 0.5) is 0 Å². The molecule has 7 heteroatoms. The van der Waals surface area contributed by atoms with Crippen molar-refractivity contribution in [3.8, 4) is 5.75 Å². The molecular formula is C14H25ClN2O3S. The molecule has 0 amide bonds. The molecule has 0 spiro atoms. The highest BCUT2D eigenvalue weighted by Gasteiger charge is 2.17. The van der Waals surface area contributed by atoms with Crippen LogP contribution in [0.15, 0.2) is 24.3 Å². The van der Waals surface area contributed by atoms with Gasteiger partial charge in [0.25, 0.3) is 0 Å². The van der Waals surface area contributed by atoms with Crippen molar-refractivity contribution < 1.29 is 13.2 Å². The van der Waals surface area contributed by atoms with Crippen molar-refractivity contribution in [1.82, 2.24) is 4.72 Å². The van der Waals surface area contributed by atoms with Gasteiger partial charge in [-0.3, -0.25) is 0 Å². The molecule has 1 aromatic carbocycles. The zero-order valence-corrected chi connectivity index (χ0v) is 14.2. The summed E-state index contributed by atoms with van der Waals surface area (Å²) in [5.41, 5.74) is 6.31. The van der Waals surface area contributed by atoms with E-state index in [2.05, 4.69) is 11.6 Å². The third-order valence-corrected chi connectivity index (χ3v) is 4.43. The fourth-order valence-electron chi connectivity index (χ4n) is 1.95. The Morgan fingerprint density at radius 2 is 2.10 bits per heavy atom. The minimum absolute atomic E-state index is 0. The Morgan fingerprint density at radius 3 is 2.67 bits per heavy atom. The maximum absolute atomic E-state index is 12.1. The van der Waals surface area contributed by atoms with Gasteiger partial charge in [0.2, 0.25) is 10.0 Å². The Labute approximate surface area is 133 Å². The summed E-state index contributed by atoms with van der Waals surface area (Å²) in [7, 11) is -1.83. The predicted molar refractivity (Wildman–Crippen MR) is 88.4 cm³/mol. The van der Waals surface area contributed by atoms with Crippen LogP contribution in [0.2, 0.25) is 0 Å². The Morgan fingerprint density at radius 1 is 1.38 bits per heavy atom. The second-order valence-corrected chi connectivity index (χ2v) is 6.56. The van der Waals surface area contributed by atoms with E-state index in [9.17, 15) is 8.42 Å². The lowest BCUT2D eigenvalue weighted by atomic mass is 10.1. The number of rotatable bonds is 9. The molecule has 0 saturated carbocycles. The lowest BCUT2D eigenvalue weighted by molar-refractivity contribution is 0.414. The van der Waals surface area contributed by atoms with Gasteiger partial charge in [-0.25, -0.2) is 13.1 Å². The van der Waals surface area contributed by atoms with E-state index in [1.807, 2.05) is 0 Å². The summed E-state index contributed by atoms with van der Waals surface area (Å²) in [6.07, 6.45) is 2.75. The quantitative estimate of drug-likeness (QED) is 0.723. The molecule has 0 aliphatic carbocycles. The Balaban J connectivity index is 0.00000400. The van der Waals surface area contributed by atoms with Crippen molar-refractivity contribution in [2.75, 3.05) is 13.7 Å². The number of hydrogen-bond donors (Lipinski definition) is 2. The molecule has 0 heterocycles. The van der Waals surface area contributed by atoms with Crippen LogP contribution < -0.4 is 15.2 Å². The van der Waals surface area contributed by atoms with Gasteiger partial charge in [0.15, 0.2) is 0 Å². The van der Waals surface area contributed by atoms with E-state index in [1.54, 1.807) is 31.4 Å². The number of hydrogen-bond acceptors (Lipinski definition) is 4. The molecule has 1 rings (SSSR count). The monoisotopic (exact) mass is 336 g/mol. The standard InChI is InChI=1S/C14H24N2O3S.ClH/c1-3-4-7-13(10-15)16-20(17,18)11-12-6-5-8-14(9-12)19-2;/h5-6,8-9,13,16H,3-4,7,10-11,15H2,1-2H3;1H. The van der Waals surface area contributed by atoms with Gasteiger partial charge in [-0.1, -0.05) is 31.9 Å². The Kier molecular flexibility index (Phi) is 9.61. The van der Waals surface area contributed by atoms with Crippen LogP contribution in [0.5, 0.6) is 5.75 Å². The lowest BCUT2D eigenvalue weighted by Crippen LogP contribution is -2.40. The third-order valence-electron chi connectivity index (χ3n) is 3.03. The zero-order chi connectivity index (χ0) is 15.0. The van der Waals surface area contributed by atoms with Gasteiger partial charge in [-0.2, -0.15) is 0 Å². The van der Waals surface area contributed by atoms with E-state index in [0.29, 0.717) is 17.9 Å². The third kappa shape index (κ3) is 7.66. The summed E-state index contributed by atoms with van der Waals surface area (Å²) >= 11 is 0. The van der Waals surface area contributed by atoms with Crippen molar-refractivity contribution >= 4 is 22.4 Å². The Hall–Kier alpha value is -0.820. The van der Waals surface area contributed by atoms with Gasteiger partial charge in [-0.05, 0) is 24.1 Å². The van der Waals surface area contributed by atoms with E-state index in [1.165, 1.54) is 0 Å². The predicted octanol–water partition coefficient (Wildman–Crippen LogP) is 2.05. The normalized spacial score (nSPS) is 12.5. The summed E-state index contributed by atoms with van der Waals surface area (Å²) in [6, 6.07) is 6.87. The van der Waals surface area contributed by atoms with E-state index in [4.69, 9.17) is 10.5 Å². The highest BCUT2D eigenvalue weighted by atomic mass is 35.5. The summed E-state index contributed by atoms with van der Waals surface area (Å²) in [5, 5.41) is 0. The second kappa shape index (κ2) is 10.00. The number of methoxy groups -OCH3 is 1. The van der Waals surface area contributed by atoms with Crippen LogP contribution in [-0.4, -0.2) is 28.1 Å². The van der Waals surface area contributed by atoms with E-state index < -0.39 is 10.0 Å². The smallest absolute Gasteiger partial charge is 0.216 e. The molecule has 122 valence electrons. The molecule has 0 radical (unpaired) electrons. The summed E-state index contributed by atoms with van der Waals surface area (Å²) in [6.45, 7) is 2.38. The van der Waals surface area contributed by atoms with Gasteiger partial charge in [0.05, 0.1) is 12.9 Å². The SMILES string of the molecule is CCCCC(CN)NS(=O)(=O)Cc1cccc(OC)c1.Cl. The molecule has 0 aromatic heterocycles. The first-order chi connectivity index (χ1) is 9.50. The van der Waals surface area contributed by atoms with E-state index in [0.717, 1.165) is 19.3 Å². The number of nitrogens with one attached hydrogen (secondary N) is 1. The highest BCUT2D eigenvalue weighted by Crippen LogP contribution is 2.15. The van der Waals surface area contributed by atoms with Crippen LogP contribution in [0.3, 0.4) is 0 Å². The zero-order valence-electron chi connectivity index (χ0n) is 12.5. The number of sulfonamides is 1. The van der Waals surface area contributed by atoms with Gasteiger partial charge in [0, 0.05) is 12.6 Å². The van der Waals surface area contributed by atoms with Crippen LogP contribution in [0, 0.1) is 0 Å². The van der Waals surface area contributed by atoms with Crippen molar-refractivity contribution in [3.05, 3.63) is 29.8 Å². The number of benzene rings is 1. The molecule has 0 bridgehead atoms. The number of unbranched alkanes of at least 4 members (excludes halogenated alkanes) is 1. The van der Waals surface area contributed by atoms with Crippen molar-refractivity contribution in [2.24, 2.45) is 5.73 Å². The number of nitrogens with two attached hydrogens (primary N) is 1. The molecule has 3 N–H and O–H groups in total. The average molecular weight is 337 g/mol. The molecule has 0 saturated heterocycles. The number of ether oxygens (including phenoxy) is 1. The molecule has 5 nitrogen and oxygen atoms in total. The first kappa shape index (κ1) is 20.2. The molecule has 0 aliphatic heterocycles. The molecule has 0 aliphatic rings. The average Bonchev–Trinajstić information content (AvgIpc) is 2.43. The van der Waals surface area contributed by atoms with Crippen LogP contribution in [0.1, 0.15) is 31.7 Å². The first-order valence-corrected chi connectivity index (χ1v) is 8.49. The van der Waals surface area contributed by atoms with Gasteiger partial charge < -0.3 is 10.5 Å². The minimum atomic E-state index is -3.39. The van der Waals surface area contributed by atoms with Crippen molar-refractivity contribution in [2.45, 2.75) is 38.0 Å². The fraction of sp³-hybridized carbons (Fsp3) is 0.571. The molecule has 1 unspecified atom stereocenters. The minimum Gasteiger partial charge on any atom is -0.497 e. The fourth-order valence-corrected chi connectivity index (χ4v) is 3.38. The van der Waals surface area contributed by atoms with Gasteiger partial charge >= 0.3 is 0 Å². The van der Waals surface area contributed by atoms with E-state index in [-0.39, 0.29) is 24.2 Å². The van der Waals surface area contributed by atoms with Gasteiger partial charge in [-0.15, -0.1) is 12.4 Å². The lowest BCUT2D eigenvalue weighted by Gasteiger charge is -2.16. The van der Waals surface area contributed by atoms with Crippen molar-refractivity contribution in [3.63, 3.8) is 0 Å². The van der Waals surface area contributed by atoms with Crippen LogP contribution in [-0.2, 0) is 15.8 Å². The van der Waals surface area contributed by atoms with Crippen molar-refractivity contribution in [1.29, 1.82) is 0 Å². The van der Waals surface area contributed by atoms with Crippen LogP contribution >= 0.6 is 12.4 Å². The number of halogens is 1.